The normalized spacial score (nSPS) is 12.8. The van der Waals surface area contributed by atoms with E-state index in [0.29, 0.717) is 17.9 Å². The summed E-state index contributed by atoms with van der Waals surface area (Å²) in [7, 11) is 0. The number of hydrogen-bond acceptors (Lipinski definition) is 4. The molecule has 0 fully saturated rings. The second-order valence-electron chi connectivity index (χ2n) is 4.67. The van der Waals surface area contributed by atoms with Gasteiger partial charge in [0.1, 0.15) is 0 Å². The van der Waals surface area contributed by atoms with Gasteiger partial charge in [0.2, 0.25) is 5.89 Å². The van der Waals surface area contributed by atoms with Crippen LogP contribution in [0.2, 0.25) is 0 Å². The van der Waals surface area contributed by atoms with Gasteiger partial charge in [-0.15, -0.1) is 0 Å². The van der Waals surface area contributed by atoms with Crippen LogP contribution in [-0.4, -0.2) is 16.7 Å². The lowest BCUT2D eigenvalue weighted by Crippen LogP contribution is -2.27. The van der Waals surface area contributed by atoms with Gasteiger partial charge in [0.25, 0.3) is 0 Å². The van der Waals surface area contributed by atoms with E-state index < -0.39 is 0 Å². The van der Waals surface area contributed by atoms with Gasteiger partial charge in [0, 0.05) is 19.0 Å². The first-order valence-electron chi connectivity index (χ1n) is 6.31. The van der Waals surface area contributed by atoms with E-state index in [0.717, 1.165) is 13.0 Å². The van der Waals surface area contributed by atoms with Crippen LogP contribution >= 0.6 is 0 Å². The highest BCUT2D eigenvalue weighted by atomic mass is 16.5. The third-order valence-electron chi connectivity index (χ3n) is 2.94. The van der Waals surface area contributed by atoms with Crippen LogP contribution in [0.25, 0.3) is 0 Å². The van der Waals surface area contributed by atoms with Crippen LogP contribution in [0.4, 0.5) is 0 Å². The summed E-state index contributed by atoms with van der Waals surface area (Å²) < 4.78 is 4.98. The molecular formula is C14H19N3O. The molecule has 1 aromatic carbocycles. The summed E-state index contributed by atoms with van der Waals surface area (Å²) in [6.45, 7) is 5.27. The molecule has 0 radical (unpaired) electrons. The molecule has 1 heterocycles. The van der Waals surface area contributed by atoms with Gasteiger partial charge in [-0.3, -0.25) is 0 Å². The molecule has 0 amide bonds. The molecule has 0 aliphatic rings. The maximum absolute atomic E-state index is 4.98. The largest absolute Gasteiger partial charge is 0.340 e. The van der Waals surface area contributed by atoms with Gasteiger partial charge in [0.15, 0.2) is 6.33 Å². The molecule has 0 spiro atoms. The second-order valence-corrected chi connectivity index (χ2v) is 4.67. The molecule has 1 unspecified atom stereocenters. The van der Waals surface area contributed by atoms with Gasteiger partial charge in [0.05, 0.1) is 0 Å². The Labute approximate surface area is 107 Å². The summed E-state index contributed by atoms with van der Waals surface area (Å²) in [5, 5.41) is 7.15. The second kappa shape index (κ2) is 6.31. The molecule has 2 rings (SSSR count). The minimum atomic E-state index is 0.356. The van der Waals surface area contributed by atoms with Crippen molar-refractivity contribution in [2.45, 2.75) is 26.3 Å². The predicted molar refractivity (Wildman–Crippen MR) is 70.0 cm³/mol. The van der Waals surface area contributed by atoms with Gasteiger partial charge >= 0.3 is 0 Å². The first-order chi connectivity index (χ1) is 8.77. The first kappa shape index (κ1) is 12.8. The zero-order valence-electron chi connectivity index (χ0n) is 10.8. The number of hydrogen-bond donors (Lipinski definition) is 1. The van der Waals surface area contributed by atoms with Crippen LogP contribution in [0.15, 0.2) is 41.2 Å². The molecule has 0 saturated carbocycles. The van der Waals surface area contributed by atoms with Crippen molar-refractivity contribution in [2.75, 3.05) is 6.54 Å². The van der Waals surface area contributed by atoms with Gasteiger partial charge in [-0.1, -0.05) is 49.3 Å². The third-order valence-corrected chi connectivity index (χ3v) is 2.94. The van der Waals surface area contributed by atoms with Crippen LogP contribution in [0.1, 0.15) is 31.3 Å². The summed E-state index contributed by atoms with van der Waals surface area (Å²) in [4.78, 5) is 4.01. The highest BCUT2D eigenvalue weighted by molar-refractivity contribution is 5.19. The highest BCUT2D eigenvalue weighted by Gasteiger charge is 2.14. The fraction of sp³-hybridized carbons (Fsp3) is 0.429. The first-order valence-corrected chi connectivity index (χ1v) is 6.31. The van der Waals surface area contributed by atoms with E-state index in [1.165, 1.54) is 11.9 Å². The quantitative estimate of drug-likeness (QED) is 0.850. The Kier molecular flexibility index (Phi) is 4.47. The molecule has 0 aliphatic carbocycles. The van der Waals surface area contributed by atoms with Crippen molar-refractivity contribution < 1.29 is 4.52 Å². The Morgan fingerprint density at radius 1 is 1.22 bits per heavy atom. The molecular weight excluding hydrogens is 226 g/mol. The van der Waals surface area contributed by atoms with E-state index >= 15 is 0 Å². The fourth-order valence-corrected chi connectivity index (χ4v) is 2.04. The van der Waals surface area contributed by atoms with Gasteiger partial charge in [-0.2, -0.15) is 4.98 Å². The van der Waals surface area contributed by atoms with Crippen LogP contribution in [0.3, 0.4) is 0 Å². The van der Waals surface area contributed by atoms with E-state index in [1.54, 1.807) is 0 Å². The van der Waals surface area contributed by atoms with Crippen molar-refractivity contribution in [3.8, 4) is 0 Å². The van der Waals surface area contributed by atoms with Gasteiger partial charge in [-0.25, -0.2) is 0 Å². The Morgan fingerprint density at radius 2 is 2.00 bits per heavy atom. The maximum Gasteiger partial charge on any atom is 0.227 e. The Balaban J connectivity index is 1.91. The van der Waals surface area contributed by atoms with Crippen LogP contribution < -0.4 is 5.32 Å². The Morgan fingerprint density at radius 3 is 2.61 bits per heavy atom. The summed E-state index contributed by atoms with van der Waals surface area (Å²) in [5.41, 5.74) is 1.32. The average Bonchev–Trinajstić information content (AvgIpc) is 2.88. The molecule has 2 aromatic rings. The fourth-order valence-electron chi connectivity index (χ4n) is 2.04. The number of rotatable bonds is 6. The molecule has 96 valence electrons. The summed E-state index contributed by atoms with van der Waals surface area (Å²) >= 11 is 0. The zero-order valence-corrected chi connectivity index (χ0v) is 10.8. The lowest BCUT2D eigenvalue weighted by Gasteiger charge is -2.22. The standard InChI is InChI=1S/C14H19N3O/c1-11(2)14(12-6-4-3-5-7-12)15-9-8-13-16-10-17-18-13/h3-7,10-11,14-15H,8-9H2,1-2H3. The lowest BCUT2D eigenvalue weighted by molar-refractivity contribution is 0.361. The number of nitrogens with zero attached hydrogens (tertiary/aromatic N) is 2. The number of benzene rings is 1. The molecule has 18 heavy (non-hydrogen) atoms. The van der Waals surface area contributed by atoms with Crippen LogP contribution in [0.5, 0.6) is 0 Å². The van der Waals surface area contributed by atoms with Crippen LogP contribution in [-0.2, 0) is 6.42 Å². The van der Waals surface area contributed by atoms with Crippen molar-refractivity contribution in [3.05, 3.63) is 48.1 Å². The Bertz CT molecular complexity index is 439. The molecule has 1 atom stereocenters. The molecule has 0 aliphatic heterocycles. The van der Waals surface area contributed by atoms with E-state index in [9.17, 15) is 0 Å². The van der Waals surface area contributed by atoms with E-state index in [1.807, 2.05) is 6.07 Å². The van der Waals surface area contributed by atoms with Crippen molar-refractivity contribution in [1.82, 2.24) is 15.5 Å². The van der Waals surface area contributed by atoms with Crippen molar-refractivity contribution in [1.29, 1.82) is 0 Å². The molecule has 1 aromatic heterocycles. The maximum atomic E-state index is 4.98. The summed E-state index contributed by atoms with van der Waals surface area (Å²) in [6, 6.07) is 10.9. The van der Waals surface area contributed by atoms with E-state index in [2.05, 4.69) is 53.6 Å². The minimum Gasteiger partial charge on any atom is -0.340 e. The van der Waals surface area contributed by atoms with Crippen molar-refractivity contribution in [2.24, 2.45) is 5.92 Å². The topological polar surface area (TPSA) is 51.0 Å². The SMILES string of the molecule is CC(C)C(NCCc1ncno1)c1ccccc1. The smallest absolute Gasteiger partial charge is 0.227 e. The molecule has 4 heteroatoms. The predicted octanol–water partition coefficient (Wildman–Crippen LogP) is 2.60. The zero-order chi connectivity index (χ0) is 12.8. The molecule has 4 nitrogen and oxygen atoms in total. The lowest BCUT2D eigenvalue weighted by atomic mass is 9.96. The van der Waals surface area contributed by atoms with Crippen LogP contribution in [0, 0.1) is 5.92 Å². The number of nitrogens with one attached hydrogen (secondary N) is 1. The number of aromatic nitrogens is 2. The monoisotopic (exact) mass is 245 g/mol. The Hall–Kier alpha value is -1.68. The van der Waals surface area contributed by atoms with Crippen molar-refractivity contribution in [3.63, 3.8) is 0 Å². The average molecular weight is 245 g/mol. The minimum absolute atomic E-state index is 0.356. The summed E-state index contributed by atoms with van der Waals surface area (Å²) in [6.07, 6.45) is 2.20. The molecule has 1 N–H and O–H groups in total. The molecule has 0 bridgehead atoms. The van der Waals surface area contributed by atoms with Gasteiger partial charge < -0.3 is 9.84 Å². The third kappa shape index (κ3) is 3.40. The van der Waals surface area contributed by atoms with Gasteiger partial charge in [-0.05, 0) is 11.5 Å². The molecule has 0 saturated heterocycles. The van der Waals surface area contributed by atoms with E-state index in [4.69, 9.17) is 4.52 Å². The summed E-state index contributed by atoms with van der Waals surface area (Å²) in [5.74, 6) is 1.22. The van der Waals surface area contributed by atoms with E-state index in [-0.39, 0.29) is 0 Å². The highest BCUT2D eigenvalue weighted by Crippen LogP contribution is 2.20. The van der Waals surface area contributed by atoms with Crippen molar-refractivity contribution >= 4 is 0 Å².